The molecule has 1 unspecified atom stereocenters. The van der Waals surface area contributed by atoms with Crippen LogP contribution in [0.15, 0.2) is 67.1 Å². The van der Waals surface area contributed by atoms with Gasteiger partial charge >= 0.3 is 6.18 Å². The molecule has 2 aromatic carbocycles. The number of anilines is 1. The highest BCUT2D eigenvalue weighted by Gasteiger charge is 2.39. The van der Waals surface area contributed by atoms with Crippen molar-refractivity contribution in [2.24, 2.45) is 0 Å². The van der Waals surface area contributed by atoms with Gasteiger partial charge in [-0.25, -0.2) is 4.57 Å². The molecule has 0 radical (unpaired) electrons. The molecule has 1 aliphatic carbocycles. The minimum Gasteiger partial charge on any atom is -0.345 e. The summed E-state index contributed by atoms with van der Waals surface area (Å²) in [7, 11) is 0. The lowest BCUT2D eigenvalue weighted by Crippen LogP contribution is -2.46. The lowest BCUT2D eigenvalue weighted by Gasteiger charge is -2.24. The lowest BCUT2D eigenvalue weighted by molar-refractivity contribution is -0.711. The molecule has 29 heavy (non-hydrogen) atoms. The summed E-state index contributed by atoms with van der Waals surface area (Å²) in [5, 5.41) is 3.21. The Bertz CT molecular complexity index is 1020. The molecule has 1 atom stereocenters. The van der Waals surface area contributed by atoms with Crippen LogP contribution in [0.2, 0.25) is 0 Å². The average Bonchev–Trinajstić information content (AvgIpc) is 2.73. The van der Waals surface area contributed by atoms with E-state index in [4.69, 9.17) is 0 Å². The molecule has 1 heterocycles. The fourth-order valence-corrected chi connectivity index (χ4v) is 3.67. The number of rotatable bonds is 4. The van der Waals surface area contributed by atoms with E-state index < -0.39 is 17.8 Å². The van der Waals surface area contributed by atoms with Crippen LogP contribution in [0.4, 0.5) is 19.0 Å². The van der Waals surface area contributed by atoms with Crippen LogP contribution in [0.5, 0.6) is 0 Å². The number of hydrogen-bond donors (Lipinski definition) is 1. The van der Waals surface area contributed by atoms with Crippen molar-refractivity contribution >= 4 is 11.6 Å². The molecule has 4 rings (SSSR count). The van der Waals surface area contributed by atoms with Crippen LogP contribution >= 0.6 is 0 Å². The van der Waals surface area contributed by atoms with Crippen molar-refractivity contribution in [3.05, 3.63) is 89.4 Å². The first-order valence-corrected chi connectivity index (χ1v) is 9.31. The van der Waals surface area contributed by atoms with Crippen LogP contribution in [0, 0.1) is 0 Å². The first-order chi connectivity index (χ1) is 13.9. The van der Waals surface area contributed by atoms with Crippen LogP contribution in [0.3, 0.4) is 0 Å². The Labute approximate surface area is 166 Å². The molecule has 0 amide bonds. The van der Waals surface area contributed by atoms with Gasteiger partial charge in [0.15, 0.2) is 6.04 Å². The maximum absolute atomic E-state index is 13.2. The molecule has 4 nitrogen and oxygen atoms in total. The third-order valence-electron chi connectivity index (χ3n) is 5.13. The van der Waals surface area contributed by atoms with Gasteiger partial charge in [0.25, 0.3) is 6.33 Å². The number of benzene rings is 2. The van der Waals surface area contributed by atoms with E-state index in [1.165, 1.54) is 12.1 Å². The Kier molecular flexibility index (Phi) is 5.05. The third kappa shape index (κ3) is 3.99. The van der Waals surface area contributed by atoms with E-state index >= 15 is 0 Å². The number of ketones is 1. The molecule has 1 aromatic heterocycles. The van der Waals surface area contributed by atoms with Gasteiger partial charge in [0.05, 0.1) is 11.8 Å². The van der Waals surface area contributed by atoms with Crippen molar-refractivity contribution in [1.82, 2.24) is 4.98 Å². The molecule has 0 saturated heterocycles. The van der Waals surface area contributed by atoms with Gasteiger partial charge in [-0.1, -0.05) is 42.5 Å². The number of carbonyl (C=O) groups is 1. The van der Waals surface area contributed by atoms with Crippen LogP contribution < -0.4 is 9.88 Å². The zero-order valence-corrected chi connectivity index (χ0v) is 15.5. The maximum Gasteiger partial charge on any atom is 0.416 e. The van der Waals surface area contributed by atoms with Gasteiger partial charge in [0.1, 0.15) is 0 Å². The summed E-state index contributed by atoms with van der Waals surface area (Å²) in [6.45, 7) is 0.619. The summed E-state index contributed by atoms with van der Waals surface area (Å²) >= 11 is 0. The van der Waals surface area contributed by atoms with Gasteiger partial charge in [0.2, 0.25) is 11.6 Å². The van der Waals surface area contributed by atoms with Crippen LogP contribution in [0.25, 0.3) is 0 Å². The van der Waals surface area contributed by atoms with Gasteiger partial charge in [0, 0.05) is 18.2 Å². The van der Waals surface area contributed by atoms with Crippen LogP contribution in [-0.4, -0.2) is 10.8 Å². The monoisotopic (exact) mass is 398 g/mol. The maximum atomic E-state index is 13.2. The minimum absolute atomic E-state index is 0.0935. The van der Waals surface area contributed by atoms with Crippen LogP contribution in [0.1, 0.15) is 39.5 Å². The quantitative estimate of drug-likeness (QED) is 0.664. The first kappa shape index (κ1) is 19.1. The fraction of sp³-hybridized carbons (Fsp3) is 0.227. The summed E-state index contributed by atoms with van der Waals surface area (Å²) in [6, 6.07) is 14.9. The topological polar surface area (TPSA) is 45.9 Å². The lowest BCUT2D eigenvalue weighted by atomic mass is 9.84. The molecular formula is C22H19F3N3O+. The minimum atomic E-state index is -4.46. The molecule has 0 saturated carbocycles. The molecule has 1 aliphatic rings. The van der Waals surface area contributed by atoms with Crippen molar-refractivity contribution in [3.63, 3.8) is 0 Å². The van der Waals surface area contributed by atoms with E-state index in [0.717, 1.165) is 11.6 Å². The van der Waals surface area contributed by atoms with Crippen molar-refractivity contribution in [1.29, 1.82) is 0 Å². The number of halogens is 3. The summed E-state index contributed by atoms with van der Waals surface area (Å²) in [5.74, 6) is 0.349. The Morgan fingerprint density at radius 1 is 1.07 bits per heavy atom. The molecule has 0 aliphatic heterocycles. The predicted molar refractivity (Wildman–Crippen MR) is 101 cm³/mol. The number of nitrogens with one attached hydrogen (secondary N) is 1. The number of nitrogens with zero attached hydrogens (tertiary/aromatic N) is 2. The molecule has 0 bridgehead atoms. The average molecular weight is 398 g/mol. The molecule has 7 heteroatoms. The second-order valence-electron chi connectivity index (χ2n) is 6.98. The Morgan fingerprint density at radius 3 is 2.55 bits per heavy atom. The van der Waals surface area contributed by atoms with Gasteiger partial charge in [-0.2, -0.15) is 13.2 Å². The Hall–Kier alpha value is -3.22. The normalized spacial score (nSPS) is 16.4. The molecule has 148 valence electrons. The SMILES string of the molecule is O=C1c2cccc(C(F)(F)F)c2CCC1[n+]1ccc(NCc2ccccc2)nc1. The number of alkyl halides is 3. The van der Waals surface area contributed by atoms with E-state index in [1.54, 1.807) is 23.2 Å². The van der Waals surface area contributed by atoms with E-state index in [1.807, 2.05) is 30.3 Å². The van der Waals surface area contributed by atoms with Gasteiger partial charge < -0.3 is 5.32 Å². The van der Waals surface area contributed by atoms with Crippen molar-refractivity contribution < 1.29 is 22.5 Å². The van der Waals surface area contributed by atoms with E-state index in [0.29, 0.717) is 18.8 Å². The largest absolute Gasteiger partial charge is 0.416 e. The van der Waals surface area contributed by atoms with Gasteiger partial charge in [-0.15, -0.1) is 0 Å². The fourth-order valence-electron chi connectivity index (χ4n) is 3.67. The third-order valence-corrected chi connectivity index (χ3v) is 5.13. The number of carbonyl (C=O) groups excluding carboxylic acids is 1. The highest BCUT2D eigenvalue weighted by atomic mass is 19.4. The molecule has 0 spiro atoms. The Morgan fingerprint density at radius 2 is 1.86 bits per heavy atom. The highest BCUT2D eigenvalue weighted by molar-refractivity contribution is 6.00. The number of hydrogen-bond acceptors (Lipinski definition) is 3. The van der Waals surface area contributed by atoms with E-state index in [2.05, 4.69) is 10.3 Å². The standard InChI is InChI=1S/C22H18F3N3O/c23-22(24,25)18-8-4-7-17-16(18)9-10-19(21(17)29)28-12-11-20(27-14-28)26-13-15-5-2-1-3-6-15/h1-8,11-12,14,19H,9-10,13H2/p+1. The Balaban J connectivity index is 1.51. The number of fused-ring (bicyclic) bond motifs is 1. The second kappa shape index (κ2) is 7.66. The van der Waals surface area contributed by atoms with Crippen LogP contribution in [-0.2, 0) is 19.1 Å². The first-order valence-electron chi connectivity index (χ1n) is 9.31. The van der Waals surface area contributed by atoms with E-state index in [-0.39, 0.29) is 23.3 Å². The molecule has 3 aromatic rings. The summed E-state index contributed by atoms with van der Waals surface area (Å²) in [6.07, 6.45) is -0.667. The van der Waals surface area contributed by atoms with Crippen molar-refractivity contribution in [3.8, 4) is 0 Å². The smallest absolute Gasteiger partial charge is 0.345 e. The predicted octanol–water partition coefficient (Wildman–Crippen LogP) is 4.37. The zero-order chi connectivity index (χ0) is 20.4. The molecule has 0 fully saturated rings. The summed E-state index contributed by atoms with van der Waals surface area (Å²) < 4.78 is 41.4. The van der Waals surface area contributed by atoms with E-state index in [9.17, 15) is 18.0 Å². The second-order valence-corrected chi connectivity index (χ2v) is 6.98. The summed E-state index contributed by atoms with van der Waals surface area (Å²) in [4.78, 5) is 17.2. The zero-order valence-electron chi connectivity index (χ0n) is 15.5. The highest BCUT2D eigenvalue weighted by Crippen LogP contribution is 2.37. The van der Waals surface area contributed by atoms with Crippen molar-refractivity contribution in [2.45, 2.75) is 31.6 Å². The summed E-state index contributed by atoms with van der Waals surface area (Å²) in [5.41, 5.74) is 0.641. The molecule has 1 N–H and O–H groups in total. The van der Waals surface area contributed by atoms with Crippen molar-refractivity contribution in [2.75, 3.05) is 5.32 Å². The van der Waals surface area contributed by atoms with Gasteiger partial charge in [-0.05, 0) is 35.0 Å². The number of aromatic nitrogens is 2. The number of Topliss-reactive ketones (excluding diaryl/α,β-unsaturated/α-hetero) is 1. The molecular weight excluding hydrogens is 379 g/mol. The van der Waals surface area contributed by atoms with Gasteiger partial charge in [-0.3, -0.25) is 4.79 Å².